The van der Waals surface area contributed by atoms with E-state index in [0.29, 0.717) is 6.54 Å². The molecule has 0 aromatic heterocycles. The normalized spacial score (nSPS) is 22.5. The molecule has 90 valence electrons. The maximum atomic E-state index is 10.5. The SMILES string of the molecule is Cl.N#C[C@H]1CNC[C@@H]1c1ccc([N+](=O)[O-])cc1. The highest BCUT2D eigenvalue weighted by Gasteiger charge is 2.28. The number of hydrogen-bond acceptors (Lipinski definition) is 4. The molecule has 0 aliphatic carbocycles. The summed E-state index contributed by atoms with van der Waals surface area (Å²) in [5.74, 6) is 0.104. The van der Waals surface area contributed by atoms with Crippen LogP contribution in [0.1, 0.15) is 11.5 Å². The van der Waals surface area contributed by atoms with Crippen molar-refractivity contribution in [3.8, 4) is 6.07 Å². The van der Waals surface area contributed by atoms with Crippen molar-refractivity contribution in [2.24, 2.45) is 5.92 Å². The first-order valence-electron chi connectivity index (χ1n) is 5.07. The minimum atomic E-state index is -0.418. The van der Waals surface area contributed by atoms with E-state index >= 15 is 0 Å². The Kier molecular flexibility index (Phi) is 4.44. The Labute approximate surface area is 105 Å². The highest BCUT2D eigenvalue weighted by molar-refractivity contribution is 5.85. The Bertz CT molecular complexity index is 441. The van der Waals surface area contributed by atoms with Crippen LogP contribution < -0.4 is 5.32 Å². The summed E-state index contributed by atoms with van der Waals surface area (Å²) >= 11 is 0. The molecule has 0 unspecified atom stereocenters. The van der Waals surface area contributed by atoms with Gasteiger partial charge in [0.15, 0.2) is 0 Å². The van der Waals surface area contributed by atoms with E-state index in [2.05, 4.69) is 11.4 Å². The summed E-state index contributed by atoms with van der Waals surface area (Å²) < 4.78 is 0. The van der Waals surface area contributed by atoms with Gasteiger partial charge in [0, 0.05) is 31.1 Å². The van der Waals surface area contributed by atoms with Gasteiger partial charge in [-0.25, -0.2) is 0 Å². The molecule has 2 rings (SSSR count). The Hall–Kier alpha value is -1.64. The molecule has 1 fully saturated rings. The number of benzene rings is 1. The van der Waals surface area contributed by atoms with Gasteiger partial charge < -0.3 is 5.32 Å². The molecule has 5 nitrogen and oxygen atoms in total. The standard InChI is InChI=1S/C11H11N3O2.ClH/c12-5-9-6-13-7-11(9)8-1-3-10(4-2-8)14(15)16;/h1-4,9,11,13H,6-7H2;1H/t9-,11+;/m0./s1. The third-order valence-electron chi connectivity index (χ3n) is 2.91. The van der Waals surface area contributed by atoms with E-state index < -0.39 is 4.92 Å². The summed E-state index contributed by atoms with van der Waals surface area (Å²) in [5, 5.41) is 22.6. The zero-order valence-electron chi connectivity index (χ0n) is 9.00. The van der Waals surface area contributed by atoms with Crippen LogP contribution in [0.4, 0.5) is 5.69 Å². The highest BCUT2D eigenvalue weighted by Crippen LogP contribution is 2.28. The summed E-state index contributed by atoms with van der Waals surface area (Å²) in [7, 11) is 0. The lowest BCUT2D eigenvalue weighted by molar-refractivity contribution is -0.384. The number of nitro groups is 1. The molecule has 1 heterocycles. The number of hydrogen-bond donors (Lipinski definition) is 1. The van der Waals surface area contributed by atoms with Crippen molar-refractivity contribution in [2.75, 3.05) is 13.1 Å². The van der Waals surface area contributed by atoms with Crippen LogP contribution in [-0.4, -0.2) is 18.0 Å². The van der Waals surface area contributed by atoms with Crippen LogP contribution in [0.3, 0.4) is 0 Å². The van der Waals surface area contributed by atoms with Crippen molar-refractivity contribution < 1.29 is 4.92 Å². The van der Waals surface area contributed by atoms with Crippen LogP contribution >= 0.6 is 12.4 Å². The second-order valence-corrected chi connectivity index (χ2v) is 3.85. The van der Waals surface area contributed by atoms with E-state index in [1.807, 2.05) is 0 Å². The van der Waals surface area contributed by atoms with Crippen molar-refractivity contribution in [1.82, 2.24) is 5.32 Å². The Balaban J connectivity index is 0.00000144. The first-order valence-corrected chi connectivity index (χ1v) is 5.07. The van der Waals surface area contributed by atoms with Gasteiger partial charge in [0.05, 0.1) is 16.9 Å². The molecule has 2 atom stereocenters. The molecule has 0 bridgehead atoms. The van der Waals surface area contributed by atoms with E-state index in [0.717, 1.165) is 12.1 Å². The minimum absolute atomic E-state index is 0. The Morgan fingerprint density at radius 3 is 2.53 bits per heavy atom. The van der Waals surface area contributed by atoms with Gasteiger partial charge in [-0.1, -0.05) is 12.1 Å². The zero-order valence-corrected chi connectivity index (χ0v) is 9.81. The number of nitrogens with zero attached hydrogens (tertiary/aromatic N) is 2. The van der Waals surface area contributed by atoms with Crippen LogP contribution in [0.15, 0.2) is 24.3 Å². The number of non-ortho nitro benzene ring substituents is 1. The van der Waals surface area contributed by atoms with E-state index in [9.17, 15) is 10.1 Å². The predicted molar refractivity (Wildman–Crippen MR) is 65.1 cm³/mol. The van der Waals surface area contributed by atoms with Crippen LogP contribution in [0.25, 0.3) is 0 Å². The summed E-state index contributed by atoms with van der Waals surface area (Å²) in [6.07, 6.45) is 0. The Morgan fingerprint density at radius 1 is 1.35 bits per heavy atom. The molecule has 1 saturated heterocycles. The molecule has 0 spiro atoms. The molecule has 1 N–H and O–H groups in total. The van der Waals surface area contributed by atoms with Crippen molar-refractivity contribution in [3.05, 3.63) is 39.9 Å². The summed E-state index contributed by atoms with van der Waals surface area (Å²) in [6, 6.07) is 8.70. The van der Waals surface area contributed by atoms with E-state index in [-0.39, 0.29) is 29.9 Å². The number of halogens is 1. The molecule has 1 aromatic rings. The van der Waals surface area contributed by atoms with Gasteiger partial charge in [0.1, 0.15) is 0 Å². The molecule has 17 heavy (non-hydrogen) atoms. The van der Waals surface area contributed by atoms with Crippen molar-refractivity contribution >= 4 is 18.1 Å². The number of nitriles is 1. The van der Waals surface area contributed by atoms with Gasteiger partial charge in [-0.15, -0.1) is 12.4 Å². The van der Waals surface area contributed by atoms with Gasteiger partial charge in [0.2, 0.25) is 0 Å². The lowest BCUT2D eigenvalue weighted by Gasteiger charge is -2.11. The maximum absolute atomic E-state index is 10.5. The third-order valence-corrected chi connectivity index (χ3v) is 2.91. The van der Waals surface area contributed by atoms with Crippen LogP contribution in [0.5, 0.6) is 0 Å². The molecule has 6 heteroatoms. The predicted octanol–water partition coefficient (Wildman–Crippen LogP) is 1.84. The number of nitrogens with one attached hydrogen (secondary N) is 1. The van der Waals surface area contributed by atoms with E-state index in [1.54, 1.807) is 12.1 Å². The topological polar surface area (TPSA) is 79.0 Å². The molecule has 0 saturated carbocycles. The molecular formula is C11H12ClN3O2. The smallest absolute Gasteiger partial charge is 0.269 e. The average molecular weight is 254 g/mol. The monoisotopic (exact) mass is 253 g/mol. The third kappa shape index (κ3) is 2.73. The van der Waals surface area contributed by atoms with Crippen molar-refractivity contribution in [1.29, 1.82) is 5.26 Å². The van der Waals surface area contributed by atoms with E-state index in [1.165, 1.54) is 12.1 Å². The van der Waals surface area contributed by atoms with Crippen molar-refractivity contribution in [3.63, 3.8) is 0 Å². The summed E-state index contributed by atoms with van der Waals surface area (Å²) in [6.45, 7) is 1.45. The second-order valence-electron chi connectivity index (χ2n) is 3.85. The lowest BCUT2D eigenvalue weighted by Crippen LogP contribution is -2.08. The molecule has 0 radical (unpaired) electrons. The Morgan fingerprint density at radius 2 is 2.00 bits per heavy atom. The molecule has 1 aromatic carbocycles. The number of nitro benzene ring substituents is 1. The van der Waals surface area contributed by atoms with Gasteiger partial charge in [-0.3, -0.25) is 10.1 Å². The lowest BCUT2D eigenvalue weighted by atomic mass is 9.90. The first kappa shape index (κ1) is 13.4. The van der Waals surface area contributed by atoms with Gasteiger partial charge in [-0.2, -0.15) is 5.26 Å². The fraction of sp³-hybridized carbons (Fsp3) is 0.364. The quantitative estimate of drug-likeness (QED) is 0.644. The van der Waals surface area contributed by atoms with Crippen molar-refractivity contribution in [2.45, 2.75) is 5.92 Å². The number of rotatable bonds is 2. The average Bonchev–Trinajstić information content (AvgIpc) is 2.77. The fourth-order valence-electron chi connectivity index (χ4n) is 2.01. The summed E-state index contributed by atoms with van der Waals surface area (Å²) in [4.78, 5) is 10.1. The van der Waals surface area contributed by atoms with Crippen LogP contribution in [0, 0.1) is 27.4 Å². The minimum Gasteiger partial charge on any atom is -0.315 e. The van der Waals surface area contributed by atoms with Gasteiger partial charge in [-0.05, 0) is 5.56 Å². The highest BCUT2D eigenvalue weighted by atomic mass is 35.5. The molecular weight excluding hydrogens is 242 g/mol. The molecule has 1 aliphatic rings. The van der Waals surface area contributed by atoms with Crippen LogP contribution in [-0.2, 0) is 0 Å². The summed E-state index contributed by atoms with van der Waals surface area (Å²) in [5.41, 5.74) is 1.07. The van der Waals surface area contributed by atoms with E-state index in [4.69, 9.17) is 5.26 Å². The van der Waals surface area contributed by atoms with Crippen LogP contribution in [0.2, 0.25) is 0 Å². The zero-order chi connectivity index (χ0) is 11.5. The fourth-order valence-corrected chi connectivity index (χ4v) is 2.01. The first-order chi connectivity index (χ1) is 7.72. The van der Waals surface area contributed by atoms with Gasteiger partial charge >= 0.3 is 0 Å². The molecule has 0 amide bonds. The second kappa shape index (κ2) is 5.62. The van der Waals surface area contributed by atoms with Gasteiger partial charge in [0.25, 0.3) is 5.69 Å². The largest absolute Gasteiger partial charge is 0.315 e. The maximum Gasteiger partial charge on any atom is 0.269 e. The molecule has 1 aliphatic heterocycles.